The second kappa shape index (κ2) is 6.35. The van der Waals surface area contributed by atoms with Crippen LogP contribution in [0.4, 0.5) is 5.82 Å². The molecular weight excluding hydrogens is 254 g/mol. The number of hydrazine groups is 1. The van der Waals surface area contributed by atoms with Gasteiger partial charge in [-0.2, -0.15) is 5.26 Å². The Morgan fingerprint density at radius 2 is 2.15 bits per heavy atom. The molecule has 20 heavy (non-hydrogen) atoms. The highest BCUT2D eigenvalue weighted by atomic mass is 16.2. The normalized spacial score (nSPS) is 10.8. The van der Waals surface area contributed by atoms with Crippen molar-refractivity contribution in [3.63, 3.8) is 0 Å². The fourth-order valence-corrected chi connectivity index (χ4v) is 1.65. The van der Waals surface area contributed by atoms with Crippen LogP contribution in [0.1, 0.15) is 43.2 Å². The van der Waals surface area contributed by atoms with E-state index in [0.717, 1.165) is 5.69 Å². The number of nitrogen functional groups attached to an aromatic ring is 1. The summed E-state index contributed by atoms with van der Waals surface area (Å²) < 4.78 is 0. The Morgan fingerprint density at radius 1 is 1.50 bits per heavy atom. The summed E-state index contributed by atoms with van der Waals surface area (Å²) in [4.78, 5) is 18.2. The lowest BCUT2D eigenvalue weighted by atomic mass is 9.90. The van der Waals surface area contributed by atoms with Crippen molar-refractivity contribution in [3.05, 3.63) is 23.4 Å². The number of hydrogen-bond donors (Lipinski definition) is 2. The Balaban J connectivity index is 3.11. The first-order valence-electron chi connectivity index (χ1n) is 6.41. The van der Waals surface area contributed by atoms with E-state index in [1.807, 2.05) is 26.8 Å². The third kappa shape index (κ3) is 3.93. The summed E-state index contributed by atoms with van der Waals surface area (Å²) in [6.07, 6.45) is 0.307. The summed E-state index contributed by atoms with van der Waals surface area (Å²) in [5, 5.41) is 8.58. The highest BCUT2D eigenvalue weighted by Crippen LogP contribution is 2.23. The van der Waals surface area contributed by atoms with Crippen LogP contribution in [0, 0.1) is 11.3 Å². The van der Waals surface area contributed by atoms with Gasteiger partial charge in [-0.05, 0) is 12.1 Å². The Bertz CT molecular complexity index is 527. The van der Waals surface area contributed by atoms with E-state index in [1.165, 1.54) is 4.90 Å². The smallest absolute Gasteiger partial charge is 0.253 e. The van der Waals surface area contributed by atoms with Gasteiger partial charge < -0.3 is 10.3 Å². The Labute approximate surface area is 119 Å². The number of nitrogens with one attached hydrogen (secondary N) is 1. The van der Waals surface area contributed by atoms with Gasteiger partial charge >= 0.3 is 0 Å². The Kier molecular flexibility index (Phi) is 5.06. The lowest BCUT2D eigenvalue weighted by molar-refractivity contribution is 0.0798. The van der Waals surface area contributed by atoms with Crippen molar-refractivity contribution in [3.8, 4) is 6.07 Å². The lowest BCUT2D eigenvalue weighted by Gasteiger charge is -2.21. The molecule has 0 saturated carbocycles. The number of nitriles is 1. The molecule has 3 N–H and O–H groups in total. The maximum absolute atomic E-state index is 12.3. The SMILES string of the molecule is CN(CCC#N)C(=O)c1cc(NN)nc(C(C)(C)C)c1. The van der Waals surface area contributed by atoms with Gasteiger partial charge in [0.05, 0.1) is 12.5 Å². The number of rotatable bonds is 4. The molecule has 1 amide bonds. The molecule has 0 spiro atoms. The maximum atomic E-state index is 12.3. The van der Waals surface area contributed by atoms with Gasteiger partial charge in [-0.15, -0.1) is 0 Å². The van der Waals surface area contributed by atoms with Crippen molar-refractivity contribution in [2.45, 2.75) is 32.6 Å². The molecular formula is C14H21N5O. The van der Waals surface area contributed by atoms with E-state index in [1.54, 1.807) is 19.2 Å². The minimum atomic E-state index is -0.187. The van der Waals surface area contributed by atoms with Crippen LogP contribution >= 0.6 is 0 Å². The van der Waals surface area contributed by atoms with E-state index in [0.29, 0.717) is 24.3 Å². The number of carbonyl (C=O) groups excluding carboxylic acids is 1. The minimum Gasteiger partial charge on any atom is -0.341 e. The van der Waals surface area contributed by atoms with Gasteiger partial charge in [0, 0.05) is 30.3 Å². The van der Waals surface area contributed by atoms with Crippen molar-refractivity contribution in [1.82, 2.24) is 9.88 Å². The van der Waals surface area contributed by atoms with Crippen LogP contribution in [0.15, 0.2) is 12.1 Å². The van der Waals surface area contributed by atoms with Crippen molar-refractivity contribution >= 4 is 11.7 Å². The number of hydrogen-bond acceptors (Lipinski definition) is 5. The fraction of sp³-hybridized carbons (Fsp3) is 0.500. The van der Waals surface area contributed by atoms with Gasteiger partial charge in [0.2, 0.25) is 0 Å². The predicted molar refractivity (Wildman–Crippen MR) is 77.9 cm³/mol. The van der Waals surface area contributed by atoms with Gasteiger partial charge in [0.15, 0.2) is 0 Å². The molecule has 0 radical (unpaired) electrons. The predicted octanol–water partition coefficient (Wildman–Crippen LogP) is 1.65. The summed E-state index contributed by atoms with van der Waals surface area (Å²) in [7, 11) is 1.67. The van der Waals surface area contributed by atoms with Crippen LogP contribution in [-0.2, 0) is 5.41 Å². The van der Waals surface area contributed by atoms with Crippen LogP contribution in [0.2, 0.25) is 0 Å². The number of nitrogens with zero attached hydrogens (tertiary/aromatic N) is 3. The summed E-state index contributed by atoms with van der Waals surface area (Å²) >= 11 is 0. The van der Waals surface area contributed by atoms with Gasteiger partial charge in [-0.3, -0.25) is 4.79 Å². The first-order chi connectivity index (χ1) is 9.29. The molecule has 0 aliphatic rings. The summed E-state index contributed by atoms with van der Waals surface area (Å²) in [5.41, 5.74) is 3.59. The second-order valence-electron chi connectivity index (χ2n) is 5.66. The van der Waals surface area contributed by atoms with Gasteiger partial charge in [-0.25, -0.2) is 10.8 Å². The molecule has 0 atom stereocenters. The highest BCUT2D eigenvalue weighted by molar-refractivity contribution is 5.94. The van der Waals surface area contributed by atoms with Crippen molar-refractivity contribution in [2.24, 2.45) is 5.84 Å². The third-order valence-corrected chi connectivity index (χ3v) is 2.89. The minimum absolute atomic E-state index is 0.148. The quantitative estimate of drug-likeness (QED) is 0.643. The van der Waals surface area contributed by atoms with Crippen LogP contribution in [0.25, 0.3) is 0 Å². The largest absolute Gasteiger partial charge is 0.341 e. The molecule has 0 aromatic carbocycles. The molecule has 0 saturated heterocycles. The first-order valence-corrected chi connectivity index (χ1v) is 6.41. The van der Waals surface area contributed by atoms with E-state index in [4.69, 9.17) is 11.1 Å². The van der Waals surface area contributed by atoms with Crippen LogP contribution in [-0.4, -0.2) is 29.4 Å². The molecule has 6 heteroatoms. The van der Waals surface area contributed by atoms with E-state index in [9.17, 15) is 4.79 Å². The molecule has 0 fully saturated rings. The number of pyridine rings is 1. The molecule has 0 aliphatic carbocycles. The average molecular weight is 275 g/mol. The zero-order chi connectivity index (χ0) is 15.3. The van der Waals surface area contributed by atoms with Crippen molar-refractivity contribution < 1.29 is 4.79 Å². The van der Waals surface area contributed by atoms with Crippen LogP contribution in [0.5, 0.6) is 0 Å². The number of anilines is 1. The van der Waals surface area contributed by atoms with Crippen LogP contribution < -0.4 is 11.3 Å². The zero-order valence-corrected chi connectivity index (χ0v) is 12.4. The molecule has 1 rings (SSSR count). The maximum Gasteiger partial charge on any atom is 0.253 e. The van der Waals surface area contributed by atoms with E-state index >= 15 is 0 Å². The van der Waals surface area contributed by atoms with Gasteiger partial charge in [-0.1, -0.05) is 20.8 Å². The number of amides is 1. The monoisotopic (exact) mass is 275 g/mol. The van der Waals surface area contributed by atoms with Crippen LogP contribution in [0.3, 0.4) is 0 Å². The number of nitrogens with two attached hydrogens (primary N) is 1. The Morgan fingerprint density at radius 3 is 2.65 bits per heavy atom. The molecule has 0 bridgehead atoms. The van der Waals surface area contributed by atoms with Crippen molar-refractivity contribution in [1.29, 1.82) is 5.26 Å². The number of carbonyl (C=O) groups is 1. The topological polar surface area (TPSA) is 95.0 Å². The van der Waals surface area contributed by atoms with Gasteiger partial charge in [0.25, 0.3) is 5.91 Å². The average Bonchev–Trinajstić information content (AvgIpc) is 2.42. The van der Waals surface area contributed by atoms with E-state index in [2.05, 4.69) is 10.4 Å². The van der Waals surface area contributed by atoms with Crippen molar-refractivity contribution in [2.75, 3.05) is 19.0 Å². The van der Waals surface area contributed by atoms with Gasteiger partial charge in [0.1, 0.15) is 5.82 Å². The summed E-state index contributed by atoms with van der Waals surface area (Å²) in [6, 6.07) is 5.41. The summed E-state index contributed by atoms with van der Waals surface area (Å²) in [6.45, 7) is 6.45. The molecule has 6 nitrogen and oxygen atoms in total. The molecule has 1 aromatic heterocycles. The molecule has 1 aromatic rings. The second-order valence-corrected chi connectivity index (χ2v) is 5.66. The molecule has 0 unspecified atom stereocenters. The molecule has 108 valence electrons. The summed E-state index contributed by atoms with van der Waals surface area (Å²) in [5.74, 6) is 5.71. The molecule has 0 aliphatic heterocycles. The van der Waals surface area contributed by atoms with E-state index in [-0.39, 0.29) is 11.3 Å². The molecule has 1 heterocycles. The standard InChI is InChI=1S/C14H21N5O/c1-14(2,3)11-8-10(9-12(17-11)18-16)13(20)19(4)7-5-6-15/h8-9H,5,7,16H2,1-4H3,(H,17,18). The Hall–Kier alpha value is -2.13. The highest BCUT2D eigenvalue weighted by Gasteiger charge is 2.20. The fourth-order valence-electron chi connectivity index (χ4n) is 1.65. The first kappa shape index (κ1) is 15.9. The zero-order valence-electron chi connectivity index (χ0n) is 12.4. The lowest BCUT2D eigenvalue weighted by Crippen LogP contribution is -2.28. The van der Waals surface area contributed by atoms with E-state index < -0.39 is 0 Å². The number of aromatic nitrogens is 1. The third-order valence-electron chi connectivity index (χ3n) is 2.89.